The summed E-state index contributed by atoms with van der Waals surface area (Å²) in [7, 11) is 2.20. The molecule has 2 aliphatic carbocycles. The number of fused-ring (bicyclic) bond motifs is 3. The Morgan fingerprint density at radius 2 is 1.65 bits per heavy atom. The van der Waals surface area contributed by atoms with E-state index >= 15 is 0 Å². The summed E-state index contributed by atoms with van der Waals surface area (Å²) in [5.74, 6) is 1.59. The lowest BCUT2D eigenvalue weighted by Gasteiger charge is -2.39. The zero-order chi connectivity index (χ0) is 23.2. The molecule has 1 saturated heterocycles. The second-order valence-corrected chi connectivity index (χ2v) is 10.5. The first-order chi connectivity index (χ1) is 16.6. The number of piperazine rings is 1. The molecule has 34 heavy (non-hydrogen) atoms. The van der Waals surface area contributed by atoms with Gasteiger partial charge in [-0.05, 0) is 42.7 Å². The molecule has 0 saturated carbocycles. The Hall–Kier alpha value is -2.92. The van der Waals surface area contributed by atoms with E-state index in [4.69, 9.17) is 10.1 Å². The van der Waals surface area contributed by atoms with E-state index in [-0.39, 0.29) is 18.0 Å². The second kappa shape index (κ2) is 8.70. The van der Waals surface area contributed by atoms with Crippen LogP contribution in [0.25, 0.3) is 0 Å². The highest BCUT2D eigenvalue weighted by atomic mass is 15.5. The fourth-order valence-electron chi connectivity index (χ4n) is 5.84. The van der Waals surface area contributed by atoms with Crippen LogP contribution in [0.5, 0.6) is 0 Å². The summed E-state index contributed by atoms with van der Waals surface area (Å²) in [5, 5.41) is 7.60. The average molecular weight is 454 g/mol. The Labute approximate surface area is 203 Å². The minimum Gasteiger partial charge on any atom is -0.369 e. The van der Waals surface area contributed by atoms with Gasteiger partial charge in [-0.1, -0.05) is 62.4 Å². The van der Waals surface area contributed by atoms with Crippen LogP contribution in [0.3, 0.4) is 0 Å². The van der Waals surface area contributed by atoms with Crippen LogP contribution in [-0.4, -0.2) is 67.1 Å². The normalized spacial score (nSPS) is 34.7. The van der Waals surface area contributed by atoms with Gasteiger partial charge in [0.1, 0.15) is 0 Å². The molecule has 0 bridgehead atoms. The van der Waals surface area contributed by atoms with Crippen molar-refractivity contribution in [1.29, 1.82) is 0 Å². The van der Waals surface area contributed by atoms with Crippen LogP contribution in [-0.2, 0) is 0 Å². The summed E-state index contributed by atoms with van der Waals surface area (Å²) in [6, 6.07) is 9.53. The third-order valence-electron chi connectivity index (χ3n) is 8.27. The van der Waals surface area contributed by atoms with Gasteiger partial charge in [-0.25, -0.2) is 0 Å². The highest BCUT2D eigenvalue weighted by Gasteiger charge is 2.47. The number of hydrogen-bond acceptors (Lipinski definition) is 5. The molecule has 5 nitrogen and oxygen atoms in total. The van der Waals surface area contributed by atoms with Gasteiger partial charge in [-0.2, -0.15) is 5.10 Å². The molecule has 1 fully saturated rings. The fraction of sp³-hybridized carbons (Fsp3) is 0.448. The van der Waals surface area contributed by atoms with Crippen molar-refractivity contribution in [3.63, 3.8) is 0 Å². The van der Waals surface area contributed by atoms with Crippen LogP contribution in [0.15, 0.2) is 82.6 Å². The number of hydrogen-bond donors (Lipinski definition) is 0. The van der Waals surface area contributed by atoms with Gasteiger partial charge in [0.05, 0.1) is 29.4 Å². The van der Waals surface area contributed by atoms with Gasteiger partial charge in [-0.3, -0.25) is 10.0 Å². The Balaban J connectivity index is 1.34. The molecule has 0 radical (unpaired) electrons. The van der Waals surface area contributed by atoms with Gasteiger partial charge in [0.25, 0.3) is 0 Å². The predicted molar refractivity (Wildman–Crippen MR) is 141 cm³/mol. The van der Waals surface area contributed by atoms with E-state index < -0.39 is 0 Å². The topological polar surface area (TPSA) is 34.4 Å². The molecule has 3 aliphatic heterocycles. The SMILES string of the molecule is CC1C=CC(N2N=C(c3ccc(N4CCN(C)CC4)cc3)C3C=NC4C=CC=CC4C32)=CC1C. The zero-order valence-electron chi connectivity index (χ0n) is 20.5. The number of likely N-dealkylation sites (N-methyl/N-ethyl adjacent to an activating group) is 1. The molecule has 6 rings (SSSR count). The molecular weight excluding hydrogens is 418 g/mol. The average Bonchev–Trinajstić information content (AvgIpc) is 3.27. The molecule has 0 aromatic heterocycles. The smallest absolute Gasteiger partial charge is 0.0787 e. The van der Waals surface area contributed by atoms with E-state index in [1.54, 1.807) is 0 Å². The Kier molecular flexibility index (Phi) is 5.53. The molecule has 1 aromatic carbocycles. The first-order valence-electron chi connectivity index (χ1n) is 12.8. The number of nitrogens with zero attached hydrogens (tertiary/aromatic N) is 5. The van der Waals surface area contributed by atoms with E-state index in [1.807, 2.05) is 0 Å². The number of allylic oxidation sites excluding steroid dienone is 5. The molecule has 5 aliphatic rings. The molecule has 1 aromatic rings. The van der Waals surface area contributed by atoms with Crippen LogP contribution in [0.1, 0.15) is 19.4 Å². The molecule has 5 heteroatoms. The molecule has 0 N–H and O–H groups in total. The third kappa shape index (κ3) is 3.76. The van der Waals surface area contributed by atoms with Crippen molar-refractivity contribution in [3.8, 4) is 0 Å². The number of anilines is 1. The number of hydrazone groups is 1. The lowest BCUT2D eigenvalue weighted by molar-refractivity contribution is 0.211. The van der Waals surface area contributed by atoms with Gasteiger partial charge in [0, 0.05) is 44.0 Å². The Bertz CT molecular complexity index is 1100. The van der Waals surface area contributed by atoms with Crippen LogP contribution in [0.4, 0.5) is 5.69 Å². The molecule has 6 atom stereocenters. The summed E-state index contributed by atoms with van der Waals surface area (Å²) >= 11 is 0. The van der Waals surface area contributed by atoms with Crippen molar-refractivity contribution >= 4 is 17.6 Å². The van der Waals surface area contributed by atoms with Crippen LogP contribution >= 0.6 is 0 Å². The molecular formula is C29H35N5. The lowest BCUT2D eigenvalue weighted by atomic mass is 9.76. The van der Waals surface area contributed by atoms with Crippen molar-refractivity contribution in [3.05, 3.63) is 78.1 Å². The van der Waals surface area contributed by atoms with E-state index in [0.29, 0.717) is 17.8 Å². The van der Waals surface area contributed by atoms with Crippen molar-refractivity contribution in [2.24, 2.45) is 33.8 Å². The van der Waals surface area contributed by atoms with Gasteiger partial charge in [0.15, 0.2) is 0 Å². The highest BCUT2D eigenvalue weighted by Crippen LogP contribution is 2.41. The highest BCUT2D eigenvalue weighted by molar-refractivity contribution is 6.11. The molecule has 0 spiro atoms. The van der Waals surface area contributed by atoms with E-state index in [9.17, 15) is 0 Å². The van der Waals surface area contributed by atoms with Gasteiger partial charge in [0.2, 0.25) is 0 Å². The van der Waals surface area contributed by atoms with Gasteiger partial charge >= 0.3 is 0 Å². The van der Waals surface area contributed by atoms with Crippen molar-refractivity contribution in [2.45, 2.75) is 25.9 Å². The molecule has 176 valence electrons. The first kappa shape index (κ1) is 21.6. The molecule has 6 unspecified atom stereocenters. The maximum absolute atomic E-state index is 5.29. The standard InChI is InChI=1S/C29H35N5/c1-20-8-11-24(18-21(20)2)34-29-25-6-4-5-7-27(25)30-19-26(29)28(31-34)22-9-12-23(13-10-22)33-16-14-32(3)15-17-33/h4-13,18-21,25-27,29H,14-17H2,1-3H3. The lowest BCUT2D eigenvalue weighted by Crippen LogP contribution is -2.47. The second-order valence-electron chi connectivity index (χ2n) is 10.5. The van der Waals surface area contributed by atoms with Crippen molar-refractivity contribution < 1.29 is 0 Å². The predicted octanol–water partition coefficient (Wildman–Crippen LogP) is 4.36. The zero-order valence-corrected chi connectivity index (χ0v) is 20.5. The summed E-state index contributed by atoms with van der Waals surface area (Å²) < 4.78 is 0. The number of aliphatic imine (C=N–C) groups is 1. The first-order valence-corrected chi connectivity index (χ1v) is 12.8. The summed E-state index contributed by atoms with van der Waals surface area (Å²) in [4.78, 5) is 9.84. The number of rotatable bonds is 3. The minimum atomic E-state index is 0.191. The van der Waals surface area contributed by atoms with Gasteiger partial charge < -0.3 is 9.80 Å². The Morgan fingerprint density at radius 1 is 0.882 bits per heavy atom. The van der Waals surface area contributed by atoms with Crippen molar-refractivity contribution in [1.82, 2.24) is 9.91 Å². The molecule has 3 heterocycles. The number of benzene rings is 1. The summed E-state index contributed by atoms with van der Waals surface area (Å²) in [6.07, 6.45) is 18.0. The molecule has 0 amide bonds. The Morgan fingerprint density at radius 3 is 2.41 bits per heavy atom. The maximum Gasteiger partial charge on any atom is 0.0787 e. The summed E-state index contributed by atoms with van der Waals surface area (Å²) in [6.45, 7) is 9.00. The van der Waals surface area contributed by atoms with Crippen LogP contribution in [0.2, 0.25) is 0 Å². The third-order valence-corrected chi connectivity index (χ3v) is 8.27. The van der Waals surface area contributed by atoms with Crippen molar-refractivity contribution in [2.75, 3.05) is 38.1 Å². The van der Waals surface area contributed by atoms with Gasteiger partial charge in [-0.15, -0.1) is 0 Å². The van der Waals surface area contributed by atoms with Crippen LogP contribution < -0.4 is 4.90 Å². The van der Waals surface area contributed by atoms with E-state index in [1.165, 1.54) is 16.9 Å². The monoisotopic (exact) mass is 453 g/mol. The van der Waals surface area contributed by atoms with E-state index in [0.717, 1.165) is 31.9 Å². The maximum atomic E-state index is 5.29. The van der Waals surface area contributed by atoms with E-state index in [2.05, 4.69) is 109 Å². The largest absolute Gasteiger partial charge is 0.369 e. The minimum absolute atomic E-state index is 0.191. The fourth-order valence-corrected chi connectivity index (χ4v) is 5.84. The summed E-state index contributed by atoms with van der Waals surface area (Å²) in [5.41, 5.74) is 4.88. The van der Waals surface area contributed by atoms with Crippen LogP contribution in [0, 0.1) is 23.7 Å². The quantitative estimate of drug-likeness (QED) is 0.682.